The normalized spacial score (nSPS) is 12.1. The van der Waals surface area contributed by atoms with E-state index in [1.54, 1.807) is 42.1 Å². The number of carbonyl (C=O) groups is 1. The minimum absolute atomic E-state index is 0.0292. The molecule has 2 aromatic rings. The minimum atomic E-state index is -0.484. The van der Waals surface area contributed by atoms with Crippen molar-refractivity contribution in [3.8, 4) is 17.9 Å². The Morgan fingerprint density at radius 3 is 2.58 bits per heavy atom. The molecule has 0 atom stereocenters. The number of nitrogens with zero attached hydrogens (tertiary/aromatic N) is 2. The predicted octanol–water partition coefficient (Wildman–Crippen LogP) is 5.39. The number of fused-ring (bicyclic) bond motifs is 1. The number of benzene rings is 2. The maximum Gasteiger partial charge on any atom is 0.411 e. The van der Waals surface area contributed by atoms with Crippen LogP contribution in [0.15, 0.2) is 72.0 Å². The summed E-state index contributed by atoms with van der Waals surface area (Å²) in [7, 11) is 0. The number of thioether (sulfide) groups is 1. The predicted molar refractivity (Wildman–Crippen MR) is 122 cm³/mol. The Labute approximate surface area is 185 Å². The fourth-order valence-corrected chi connectivity index (χ4v) is 3.07. The van der Waals surface area contributed by atoms with Gasteiger partial charge in [-0.15, -0.1) is 0 Å². The number of amides is 1. The molecule has 0 aromatic heterocycles. The first-order chi connectivity index (χ1) is 15.1. The molecule has 0 radical (unpaired) electrons. The van der Waals surface area contributed by atoms with Crippen molar-refractivity contribution in [1.82, 2.24) is 0 Å². The van der Waals surface area contributed by atoms with Gasteiger partial charge in [0.05, 0.1) is 0 Å². The lowest BCUT2D eigenvalue weighted by molar-refractivity contribution is 0.169. The second kappa shape index (κ2) is 10.7. The van der Waals surface area contributed by atoms with Gasteiger partial charge in [0, 0.05) is 22.6 Å². The number of rotatable bonds is 6. The highest BCUT2D eigenvalue weighted by Gasteiger charge is 2.18. The van der Waals surface area contributed by atoms with E-state index < -0.39 is 6.09 Å². The molecule has 3 rings (SSSR count). The number of anilines is 1. The molecule has 1 aliphatic rings. The van der Waals surface area contributed by atoms with Crippen LogP contribution in [0, 0.1) is 22.7 Å². The second-order valence-corrected chi connectivity index (χ2v) is 7.35. The van der Waals surface area contributed by atoms with Gasteiger partial charge in [-0.1, -0.05) is 36.4 Å². The summed E-state index contributed by atoms with van der Waals surface area (Å²) in [6.45, 7) is 0.363. The zero-order chi connectivity index (χ0) is 22.1. The Hall–Kier alpha value is -3.94. The van der Waals surface area contributed by atoms with Crippen molar-refractivity contribution in [3.63, 3.8) is 0 Å². The molecule has 7 heteroatoms. The zero-order valence-electron chi connectivity index (χ0n) is 16.8. The van der Waals surface area contributed by atoms with Crippen LogP contribution in [0.4, 0.5) is 10.5 Å². The van der Waals surface area contributed by atoms with E-state index in [0.717, 1.165) is 11.3 Å². The van der Waals surface area contributed by atoms with Gasteiger partial charge in [-0.05, 0) is 42.2 Å². The lowest BCUT2D eigenvalue weighted by Gasteiger charge is -2.18. The lowest BCUT2D eigenvalue weighted by atomic mass is 9.97. The van der Waals surface area contributed by atoms with Crippen LogP contribution in [0.25, 0.3) is 11.6 Å². The second-order valence-electron chi connectivity index (χ2n) is 6.37. The molecule has 0 spiro atoms. The molecule has 2 aromatic carbocycles. The molecule has 0 bridgehead atoms. The van der Waals surface area contributed by atoms with Crippen molar-refractivity contribution in [1.29, 1.82) is 10.5 Å². The molecule has 1 heterocycles. The molecule has 0 unspecified atom stereocenters. The number of allylic oxidation sites excluding steroid dienone is 4. The van der Waals surface area contributed by atoms with Crippen LogP contribution in [-0.2, 0) is 4.74 Å². The Kier molecular flexibility index (Phi) is 7.53. The average Bonchev–Trinajstić information content (AvgIpc) is 2.79. The van der Waals surface area contributed by atoms with Crippen LogP contribution in [-0.4, -0.2) is 24.7 Å². The van der Waals surface area contributed by atoms with E-state index in [1.165, 1.54) is 0 Å². The highest BCUT2D eigenvalue weighted by Crippen LogP contribution is 2.35. The fourth-order valence-electron chi connectivity index (χ4n) is 2.82. The summed E-state index contributed by atoms with van der Waals surface area (Å²) in [6.07, 6.45) is 6.75. The molecule has 0 aliphatic carbocycles. The summed E-state index contributed by atoms with van der Waals surface area (Å²) in [6, 6.07) is 18.4. The van der Waals surface area contributed by atoms with E-state index in [-0.39, 0.29) is 5.57 Å². The Balaban J connectivity index is 1.73. The van der Waals surface area contributed by atoms with E-state index >= 15 is 0 Å². The van der Waals surface area contributed by atoms with E-state index in [4.69, 9.17) is 9.47 Å². The largest absolute Gasteiger partial charge is 0.457 e. The van der Waals surface area contributed by atoms with Crippen molar-refractivity contribution in [2.24, 2.45) is 0 Å². The van der Waals surface area contributed by atoms with Crippen LogP contribution in [0.2, 0.25) is 0 Å². The van der Waals surface area contributed by atoms with Gasteiger partial charge < -0.3 is 9.47 Å². The van der Waals surface area contributed by atoms with Crippen LogP contribution in [0.3, 0.4) is 0 Å². The zero-order valence-corrected chi connectivity index (χ0v) is 17.6. The third-order valence-electron chi connectivity index (χ3n) is 4.30. The third-order valence-corrected chi connectivity index (χ3v) is 4.88. The summed E-state index contributed by atoms with van der Waals surface area (Å²) < 4.78 is 11.0. The van der Waals surface area contributed by atoms with Gasteiger partial charge in [0.2, 0.25) is 0 Å². The summed E-state index contributed by atoms with van der Waals surface area (Å²) in [5, 5.41) is 21.3. The molecule has 154 valence electrons. The molecule has 31 heavy (non-hydrogen) atoms. The van der Waals surface area contributed by atoms with Crippen molar-refractivity contribution in [3.05, 3.63) is 83.1 Å². The highest BCUT2D eigenvalue weighted by molar-refractivity contribution is 7.98. The van der Waals surface area contributed by atoms with Gasteiger partial charge >= 0.3 is 6.09 Å². The summed E-state index contributed by atoms with van der Waals surface area (Å²) >= 11 is 1.61. The maximum absolute atomic E-state index is 11.7. The molecule has 0 saturated carbocycles. The van der Waals surface area contributed by atoms with Gasteiger partial charge in [-0.25, -0.2) is 4.79 Å². The standard InChI is InChI=1S/C24H19N3O3S/c1-31-13-12-29-24(28)27-19-9-6-17(7-10-19)8-11-20-14-22(18(15-25)16-26)21-4-2-3-5-23(21)30-20/h2-11,14H,12-13H2,1H3,(H,27,28)/b11-8+. The van der Waals surface area contributed by atoms with E-state index in [9.17, 15) is 15.3 Å². The monoisotopic (exact) mass is 429 g/mol. The quantitative estimate of drug-likeness (QED) is 0.489. The number of para-hydroxylation sites is 1. The fraction of sp³-hybridized carbons (Fsp3) is 0.125. The molecule has 1 amide bonds. The van der Waals surface area contributed by atoms with Crippen LogP contribution < -0.4 is 10.1 Å². The Bertz CT molecular complexity index is 1120. The van der Waals surface area contributed by atoms with Crippen LogP contribution in [0.5, 0.6) is 5.75 Å². The number of hydrogen-bond acceptors (Lipinski definition) is 6. The Morgan fingerprint density at radius 2 is 1.87 bits per heavy atom. The first-order valence-corrected chi connectivity index (χ1v) is 10.8. The first kappa shape index (κ1) is 21.8. The minimum Gasteiger partial charge on any atom is -0.457 e. The summed E-state index contributed by atoms with van der Waals surface area (Å²) in [5.41, 5.74) is 2.78. The van der Waals surface area contributed by atoms with E-state index in [0.29, 0.717) is 34.9 Å². The summed E-state index contributed by atoms with van der Waals surface area (Å²) in [5.74, 6) is 1.85. The third kappa shape index (κ3) is 5.79. The lowest BCUT2D eigenvalue weighted by Crippen LogP contribution is -2.15. The maximum atomic E-state index is 11.7. The average molecular weight is 430 g/mol. The van der Waals surface area contributed by atoms with Gasteiger partial charge in [0.15, 0.2) is 0 Å². The SMILES string of the molecule is CSCCOC(=O)Nc1ccc(/C=C/C2=CC(=C(C#N)C#N)c3ccccc3O2)cc1. The number of nitrogens with one attached hydrogen (secondary N) is 1. The molecule has 1 N–H and O–H groups in total. The number of hydrogen-bond donors (Lipinski definition) is 1. The van der Waals surface area contributed by atoms with Crippen LogP contribution >= 0.6 is 11.8 Å². The van der Waals surface area contributed by atoms with Crippen molar-refractivity contribution >= 4 is 35.2 Å². The Morgan fingerprint density at radius 1 is 1.13 bits per heavy atom. The number of ether oxygens (including phenoxy) is 2. The van der Waals surface area contributed by atoms with E-state index in [1.807, 2.05) is 54.8 Å². The van der Waals surface area contributed by atoms with Crippen molar-refractivity contribution in [2.75, 3.05) is 23.9 Å². The molecule has 6 nitrogen and oxygen atoms in total. The van der Waals surface area contributed by atoms with Gasteiger partial charge in [0.1, 0.15) is 35.8 Å². The van der Waals surface area contributed by atoms with Gasteiger partial charge in [0.25, 0.3) is 0 Å². The molecule has 1 aliphatic heterocycles. The molecule has 0 saturated heterocycles. The number of nitriles is 2. The first-order valence-electron chi connectivity index (χ1n) is 9.39. The molecular weight excluding hydrogens is 410 g/mol. The van der Waals surface area contributed by atoms with E-state index in [2.05, 4.69) is 5.32 Å². The molecular formula is C24H19N3O3S. The van der Waals surface area contributed by atoms with Gasteiger partial charge in [-0.2, -0.15) is 22.3 Å². The number of carbonyl (C=O) groups excluding carboxylic acids is 1. The highest BCUT2D eigenvalue weighted by atomic mass is 32.2. The van der Waals surface area contributed by atoms with Gasteiger partial charge in [-0.3, -0.25) is 5.32 Å². The van der Waals surface area contributed by atoms with Crippen molar-refractivity contribution < 1.29 is 14.3 Å². The smallest absolute Gasteiger partial charge is 0.411 e. The van der Waals surface area contributed by atoms with Crippen molar-refractivity contribution in [2.45, 2.75) is 0 Å². The summed E-state index contributed by atoms with van der Waals surface area (Å²) in [4.78, 5) is 11.7. The van der Waals surface area contributed by atoms with Crippen LogP contribution in [0.1, 0.15) is 11.1 Å². The topological polar surface area (TPSA) is 95.1 Å². The molecule has 0 fully saturated rings.